The first kappa shape index (κ1) is 21.0. The number of carbonyl (C=O) groups is 1. The first-order valence-corrected chi connectivity index (χ1v) is 11.3. The Morgan fingerprint density at radius 2 is 1.83 bits per heavy atom. The molecule has 0 amide bonds. The number of hydrogen-bond acceptors (Lipinski definition) is 6. The summed E-state index contributed by atoms with van der Waals surface area (Å²) in [6.07, 6.45) is 5.50. The molecule has 4 aromatic heterocycles. The van der Waals surface area contributed by atoms with Gasteiger partial charge < -0.3 is 9.14 Å². The first-order valence-electron chi connectivity index (χ1n) is 11.3. The largest absolute Gasteiger partial charge is 0.465 e. The van der Waals surface area contributed by atoms with Gasteiger partial charge >= 0.3 is 11.7 Å². The van der Waals surface area contributed by atoms with Gasteiger partial charge in [0.2, 0.25) is 0 Å². The molecule has 35 heavy (non-hydrogen) atoms. The Bertz CT molecular complexity index is 1700. The topological polar surface area (TPSA) is 100 Å². The number of ether oxygens (including phenoxy) is 1. The maximum Gasteiger partial charge on any atom is 0.338 e. The smallest absolute Gasteiger partial charge is 0.338 e. The number of esters is 1. The third-order valence-corrected chi connectivity index (χ3v) is 6.26. The van der Waals surface area contributed by atoms with Gasteiger partial charge in [-0.15, -0.1) is 0 Å². The maximum atomic E-state index is 13.8. The Morgan fingerprint density at radius 3 is 2.54 bits per heavy atom. The second-order valence-corrected chi connectivity index (χ2v) is 8.60. The van der Waals surface area contributed by atoms with Gasteiger partial charge in [-0.2, -0.15) is 0 Å². The van der Waals surface area contributed by atoms with E-state index >= 15 is 0 Å². The molecule has 0 aliphatic heterocycles. The molecule has 0 unspecified atom stereocenters. The molecule has 5 aromatic rings. The predicted molar refractivity (Wildman–Crippen MR) is 129 cm³/mol. The van der Waals surface area contributed by atoms with Crippen LogP contribution in [0.2, 0.25) is 0 Å². The Kier molecular flexibility index (Phi) is 4.84. The molecule has 0 spiro atoms. The molecule has 6 rings (SSSR count). The molecular formula is C26H21N5O4. The third kappa shape index (κ3) is 3.52. The van der Waals surface area contributed by atoms with Crippen molar-refractivity contribution in [2.24, 2.45) is 0 Å². The minimum atomic E-state index is -0.644. The van der Waals surface area contributed by atoms with Crippen molar-refractivity contribution in [1.82, 2.24) is 23.5 Å². The molecule has 9 heteroatoms. The van der Waals surface area contributed by atoms with Gasteiger partial charge in [0, 0.05) is 24.0 Å². The van der Waals surface area contributed by atoms with Crippen molar-refractivity contribution in [1.29, 1.82) is 0 Å². The fraction of sp³-hybridized carbons (Fsp3) is 0.192. The summed E-state index contributed by atoms with van der Waals surface area (Å²) in [6, 6.07) is 16.2. The zero-order chi connectivity index (χ0) is 24.1. The highest BCUT2D eigenvalue weighted by Crippen LogP contribution is 2.40. The summed E-state index contributed by atoms with van der Waals surface area (Å²) in [7, 11) is 1.27. The molecule has 1 aliphatic rings. The second-order valence-electron chi connectivity index (χ2n) is 8.60. The van der Waals surface area contributed by atoms with Crippen LogP contribution < -0.4 is 11.2 Å². The summed E-state index contributed by atoms with van der Waals surface area (Å²) < 4.78 is 9.32. The summed E-state index contributed by atoms with van der Waals surface area (Å²) in [5.41, 5.74) is 1.57. The van der Waals surface area contributed by atoms with Gasteiger partial charge in [-0.25, -0.2) is 24.1 Å². The highest BCUT2D eigenvalue weighted by atomic mass is 16.5. The van der Waals surface area contributed by atoms with Gasteiger partial charge in [0.25, 0.3) is 5.56 Å². The van der Waals surface area contributed by atoms with Gasteiger partial charge in [-0.1, -0.05) is 24.3 Å². The molecule has 0 saturated heterocycles. The second kappa shape index (κ2) is 8.05. The van der Waals surface area contributed by atoms with Crippen molar-refractivity contribution in [2.75, 3.05) is 7.11 Å². The summed E-state index contributed by atoms with van der Waals surface area (Å²) in [4.78, 5) is 49.6. The van der Waals surface area contributed by atoms with E-state index in [1.807, 2.05) is 34.9 Å². The lowest BCUT2D eigenvalue weighted by Gasteiger charge is -2.16. The molecule has 1 aromatic carbocycles. The highest BCUT2D eigenvalue weighted by Gasteiger charge is 2.30. The number of pyridine rings is 2. The Balaban J connectivity index is 1.68. The number of rotatable bonds is 5. The zero-order valence-corrected chi connectivity index (χ0v) is 18.9. The monoisotopic (exact) mass is 467 g/mol. The SMILES string of the molecule is COC(=O)c1cc(C2CC2)nc2c1c(=O)n(Cc1cn3ccccc3n1)c(=O)n2-c1ccccc1. The molecule has 0 atom stereocenters. The molecule has 1 saturated carbocycles. The number of carbonyl (C=O) groups excluding carboxylic acids is 1. The van der Waals surface area contributed by atoms with Gasteiger partial charge in [0.15, 0.2) is 5.65 Å². The van der Waals surface area contributed by atoms with Crippen LogP contribution in [-0.4, -0.2) is 36.6 Å². The van der Waals surface area contributed by atoms with Gasteiger partial charge in [0.05, 0.1) is 36.0 Å². The normalized spacial score (nSPS) is 13.4. The van der Waals surface area contributed by atoms with Crippen LogP contribution in [0.15, 0.2) is 76.6 Å². The molecule has 0 radical (unpaired) electrons. The molecule has 0 N–H and O–H groups in total. The molecule has 174 valence electrons. The van der Waals surface area contributed by atoms with E-state index in [0.717, 1.165) is 17.4 Å². The van der Waals surface area contributed by atoms with Crippen molar-refractivity contribution < 1.29 is 9.53 Å². The number of aromatic nitrogens is 5. The van der Waals surface area contributed by atoms with Crippen LogP contribution in [0.3, 0.4) is 0 Å². The Labute approximate surface area is 198 Å². The molecule has 4 heterocycles. The van der Waals surface area contributed by atoms with Crippen LogP contribution in [0.1, 0.15) is 40.5 Å². The highest BCUT2D eigenvalue weighted by molar-refractivity contribution is 6.02. The van der Waals surface area contributed by atoms with Crippen molar-refractivity contribution in [2.45, 2.75) is 25.3 Å². The maximum absolute atomic E-state index is 13.8. The van der Waals surface area contributed by atoms with Gasteiger partial charge in [0.1, 0.15) is 5.65 Å². The van der Waals surface area contributed by atoms with Crippen LogP contribution in [0.4, 0.5) is 0 Å². The summed E-state index contributed by atoms with van der Waals surface area (Å²) in [6.45, 7) is -0.0624. The number of nitrogens with zero attached hydrogens (tertiary/aromatic N) is 5. The van der Waals surface area contributed by atoms with Crippen LogP contribution in [0, 0.1) is 0 Å². The lowest BCUT2D eigenvalue weighted by atomic mass is 10.1. The summed E-state index contributed by atoms with van der Waals surface area (Å²) >= 11 is 0. The Hall–Kier alpha value is -4.53. The zero-order valence-electron chi connectivity index (χ0n) is 18.9. The minimum Gasteiger partial charge on any atom is -0.465 e. The van der Waals surface area contributed by atoms with E-state index in [9.17, 15) is 14.4 Å². The quantitative estimate of drug-likeness (QED) is 0.369. The van der Waals surface area contributed by atoms with E-state index in [2.05, 4.69) is 4.98 Å². The van der Waals surface area contributed by atoms with Gasteiger partial charge in [-0.3, -0.25) is 9.36 Å². The number of methoxy groups -OCH3 is 1. The van der Waals surface area contributed by atoms with Crippen molar-refractivity contribution in [3.05, 3.63) is 105 Å². The van der Waals surface area contributed by atoms with Crippen LogP contribution in [-0.2, 0) is 11.3 Å². The van der Waals surface area contributed by atoms with E-state index in [-0.39, 0.29) is 29.1 Å². The minimum absolute atomic E-state index is 0.0495. The molecule has 1 fully saturated rings. The van der Waals surface area contributed by atoms with E-state index in [4.69, 9.17) is 9.72 Å². The van der Waals surface area contributed by atoms with Crippen molar-refractivity contribution >= 4 is 22.6 Å². The molecule has 0 bridgehead atoms. The average molecular weight is 467 g/mol. The lowest BCUT2D eigenvalue weighted by molar-refractivity contribution is 0.0602. The van der Waals surface area contributed by atoms with E-state index in [0.29, 0.717) is 22.7 Å². The van der Waals surface area contributed by atoms with E-state index in [1.165, 1.54) is 11.7 Å². The summed E-state index contributed by atoms with van der Waals surface area (Å²) in [5.74, 6) is -0.448. The predicted octanol–water partition coefficient (Wildman–Crippen LogP) is 2.91. The van der Waals surface area contributed by atoms with E-state index < -0.39 is 17.2 Å². The van der Waals surface area contributed by atoms with Crippen molar-refractivity contribution in [3.8, 4) is 5.69 Å². The fourth-order valence-corrected chi connectivity index (χ4v) is 4.39. The molecule has 9 nitrogen and oxygen atoms in total. The number of para-hydroxylation sites is 1. The number of fused-ring (bicyclic) bond motifs is 2. The molecular weight excluding hydrogens is 446 g/mol. The Morgan fingerprint density at radius 1 is 1.06 bits per heavy atom. The van der Waals surface area contributed by atoms with Crippen LogP contribution in [0.25, 0.3) is 22.4 Å². The summed E-state index contributed by atoms with van der Waals surface area (Å²) in [5, 5.41) is 0.0495. The molecule has 1 aliphatic carbocycles. The van der Waals surface area contributed by atoms with Crippen molar-refractivity contribution in [3.63, 3.8) is 0 Å². The standard InChI is InChI=1S/C26H21N5O4/c1-35-25(33)19-13-20(16-10-11-16)28-23-22(19)24(32)30(26(34)31(23)18-7-3-2-4-8-18)15-17-14-29-12-6-5-9-21(29)27-17/h2-9,12-14,16H,10-11,15H2,1H3. The van der Waals surface area contributed by atoms with Crippen LogP contribution >= 0.6 is 0 Å². The van der Waals surface area contributed by atoms with Crippen LogP contribution in [0.5, 0.6) is 0 Å². The number of benzene rings is 1. The number of hydrogen-bond donors (Lipinski definition) is 0. The average Bonchev–Trinajstić information content (AvgIpc) is 3.65. The fourth-order valence-electron chi connectivity index (χ4n) is 4.39. The van der Waals surface area contributed by atoms with Gasteiger partial charge in [-0.05, 0) is 43.2 Å². The first-order chi connectivity index (χ1) is 17.0. The third-order valence-electron chi connectivity index (χ3n) is 6.26. The van der Waals surface area contributed by atoms with E-state index in [1.54, 1.807) is 36.5 Å². The number of imidazole rings is 1. The lowest BCUT2D eigenvalue weighted by Crippen LogP contribution is -2.41.